The van der Waals surface area contributed by atoms with Crippen molar-refractivity contribution in [1.82, 2.24) is 0 Å². The van der Waals surface area contributed by atoms with Gasteiger partial charge in [0.05, 0.1) is 12.7 Å². The summed E-state index contributed by atoms with van der Waals surface area (Å²) in [6.07, 6.45) is -0.579. The highest BCUT2D eigenvalue weighted by Crippen LogP contribution is 2.60. The molecule has 132 valence electrons. The summed E-state index contributed by atoms with van der Waals surface area (Å²) in [7, 11) is 1.58. The average molecular weight is 332 g/mol. The van der Waals surface area contributed by atoms with Crippen LogP contribution in [0.25, 0.3) is 0 Å². The molecule has 0 radical (unpaired) electrons. The maximum atomic E-state index is 6.21. The summed E-state index contributed by atoms with van der Waals surface area (Å²) in [6.45, 7) is 7.94. The van der Waals surface area contributed by atoms with Gasteiger partial charge in [-0.15, -0.1) is 0 Å². The fourth-order valence-electron chi connectivity index (χ4n) is 3.89. The van der Waals surface area contributed by atoms with Crippen molar-refractivity contribution in [2.75, 3.05) is 20.5 Å². The van der Waals surface area contributed by atoms with Crippen LogP contribution in [0.3, 0.4) is 0 Å². The minimum atomic E-state index is -1.02. The van der Waals surface area contributed by atoms with E-state index in [1.807, 2.05) is 27.7 Å². The Labute approximate surface area is 135 Å². The molecule has 0 bridgehead atoms. The molecule has 2 spiro atoms. The molecule has 8 heteroatoms. The molecule has 4 rings (SSSR count). The van der Waals surface area contributed by atoms with Crippen molar-refractivity contribution in [1.29, 1.82) is 0 Å². The molecule has 0 amide bonds. The third-order valence-electron chi connectivity index (χ3n) is 4.79. The zero-order valence-corrected chi connectivity index (χ0v) is 14.1. The third-order valence-corrected chi connectivity index (χ3v) is 4.79. The predicted molar refractivity (Wildman–Crippen MR) is 73.9 cm³/mol. The number of ether oxygens (including phenoxy) is 6. The first-order valence-electron chi connectivity index (χ1n) is 7.90. The second kappa shape index (κ2) is 4.86. The molecule has 3 saturated heterocycles. The van der Waals surface area contributed by atoms with E-state index in [1.165, 1.54) is 0 Å². The van der Waals surface area contributed by atoms with Crippen LogP contribution in [0, 0.1) is 0 Å². The number of hydrogen-bond acceptors (Lipinski definition) is 8. The summed E-state index contributed by atoms with van der Waals surface area (Å²) in [5, 5.41) is 0. The molecule has 3 aliphatic heterocycles. The fraction of sp³-hybridized carbons (Fsp3) is 1.00. The Morgan fingerprint density at radius 3 is 2.35 bits per heavy atom. The molecule has 0 aromatic heterocycles. The van der Waals surface area contributed by atoms with Crippen molar-refractivity contribution in [2.45, 2.75) is 75.4 Å². The molecule has 0 unspecified atom stereocenters. The van der Waals surface area contributed by atoms with E-state index in [0.29, 0.717) is 13.0 Å². The Balaban J connectivity index is 1.67. The van der Waals surface area contributed by atoms with Crippen LogP contribution >= 0.6 is 0 Å². The lowest BCUT2D eigenvalue weighted by atomic mass is 9.75. The Hall–Kier alpha value is -0.320. The van der Waals surface area contributed by atoms with Gasteiger partial charge in [0.25, 0.3) is 5.79 Å². The van der Waals surface area contributed by atoms with E-state index in [2.05, 4.69) is 0 Å². The lowest BCUT2D eigenvalue weighted by Crippen LogP contribution is -2.66. The Kier molecular flexibility index (Phi) is 3.42. The first-order chi connectivity index (χ1) is 10.7. The minimum absolute atomic E-state index is 0.159. The average Bonchev–Trinajstić information content (AvgIpc) is 3.10. The van der Waals surface area contributed by atoms with Crippen LogP contribution in [0.5, 0.6) is 0 Å². The first kappa shape index (κ1) is 16.2. The van der Waals surface area contributed by atoms with Gasteiger partial charge in [0.2, 0.25) is 0 Å². The monoisotopic (exact) mass is 332 g/mol. The maximum Gasteiger partial charge on any atom is 0.293 e. The molecule has 0 N–H and O–H groups in total. The molecular weight excluding hydrogens is 308 g/mol. The summed E-state index contributed by atoms with van der Waals surface area (Å²) in [4.78, 5) is 10.9. The second-order valence-corrected chi connectivity index (χ2v) is 7.46. The zero-order valence-electron chi connectivity index (χ0n) is 14.1. The molecule has 1 aliphatic carbocycles. The van der Waals surface area contributed by atoms with Gasteiger partial charge in [-0.3, -0.25) is 0 Å². The van der Waals surface area contributed by atoms with Crippen LogP contribution in [0.15, 0.2) is 0 Å². The normalized spacial score (nSPS) is 45.5. The highest BCUT2D eigenvalue weighted by molar-refractivity contribution is 5.17. The van der Waals surface area contributed by atoms with Gasteiger partial charge in [-0.1, -0.05) is 0 Å². The summed E-state index contributed by atoms with van der Waals surface area (Å²) < 4.78 is 35.0. The van der Waals surface area contributed by atoms with E-state index in [0.717, 1.165) is 0 Å². The Bertz CT molecular complexity index is 488. The fourth-order valence-corrected chi connectivity index (χ4v) is 3.89. The van der Waals surface area contributed by atoms with Gasteiger partial charge in [-0.25, -0.2) is 0 Å². The van der Waals surface area contributed by atoms with Gasteiger partial charge in [0, 0.05) is 13.5 Å². The molecule has 3 heterocycles. The van der Waals surface area contributed by atoms with Crippen molar-refractivity contribution in [3.8, 4) is 0 Å². The molecule has 4 fully saturated rings. The largest absolute Gasteiger partial charge is 0.359 e. The zero-order chi connectivity index (χ0) is 16.5. The summed E-state index contributed by atoms with van der Waals surface area (Å²) >= 11 is 0. The van der Waals surface area contributed by atoms with E-state index in [1.54, 1.807) is 7.11 Å². The van der Waals surface area contributed by atoms with Crippen molar-refractivity contribution in [3.05, 3.63) is 0 Å². The van der Waals surface area contributed by atoms with Crippen LogP contribution in [-0.4, -0.2) is 61.8 Å². The van der Waals surface area contributed by atoms with Gasteiger partial charge < -0.3 is 28.4 Å². The minimum Gasteiger partial charge on any atom is -0.359 e. The predicted octanol–water partition coefficient (Wildman–Crippen LogP) is 1.08. The molecule has 1 saturated carbocycles. The molecule has 4 atom stereocenters. The lowest BCUT2D eigenvalue weighted by molar-refractivity contribution is -0.235. The lowest BCUT2D eigenvalue weighted by Gasteiger charge is -2.43. The SMILES string of the molecule is COCO[C@@H]1C[C@@]2(COC(C)(C)O2)C2(OO2)[C@H]2OC(C)(C)O[C@@H]12. The second-order valence-electron chi connectivity index (χ2n) is 7.46. The first-order valence-corrected chi connectivity index (χ1v) is 7.90. The van der Waals surface area contributed by atoms with Crippen molar-refractivity contribution < 1.29 is 38.2 Å². The van der Waals surface area contributed by atoms with Crippen molar-refractivity contribution in [2.24, 2.45) is 0 Å². The van der Waals surface area contributed by atoms with Gasteiger partial charge in [-0.05, 0) is 27.7 Å². The van der Waals surface area contributed by atoms with Crippen LogP contribution in [0.4, 0.5) is 0 Å². The van der Waals surface area contributed by atoms with Crippen LogP contribution in [0.1, 0.15) is 34.1 Å². The van der Waals surface area contributed by atoms with E-state index < -0.39 is 29.1 Å². The molecule has 0 aromatic carbocycles. The molecular formula is C15H24O8. The van der Waals surface area contributed by atoms with Gasteiger partial charge in [0.15, 0.2) is 23.3 Å². The molecule has 23 heavy (non-hydrogen) atoms. The number of fused-ring (bicyclic) bond motifs is 3. The molecule has 8 nitrogen and oxygen atoms in total. The van der Waals surface area contributed by atoms with Crippen LogP contribution < -0.4 is 0 Å². The quantitative estimate of drug-likeness (QED) is 0.431. The van der Waals surface area contributed by atoms with Crippen LogP contribution in [0.2, 0.25) is 0 Å². The van der Waals surface area contributed by atoms with E-state index in [9.17, 15) is 0 Å². The number of rotatable bonds is 3. The summed E-state index contributed by atoms with van der Waals surface area (Å²) in [5.74, 6) is -2.51. The highest BCUT2D eigenvalue weighted by Gasteiger charge is 2.81. The van der Waals surface area contributed by atoms with Crippen molar-refractivity contribution in [3.63, 3.8) is 0 Å². The van der Waals surface area contributed by atoms with E-state index >= 15 is 0 Å². The van der Waals surface area contributed by atoms with Gasteiger partial charge >= 0.3 is 0 Å². The standard InChI is InChI=1S/C15H24O8/c1-12(2)18-7-14(21-12)6-9(17-8-16-5)10-11(15(14)22-23-15)20-13(3,4)19-10/h9-11H,6-8H2,1-5H3/t9-,10+,11+,14-/m1/s1. The third kappa shape index (κ3) is 2.36. The van der Waals surface area contributed by atoms with Gasteiger partial charge in [-0.2, -0.15) is 9.78 Å². The highest BCUT2D eigenvalue weighted by atomic mass is 17.4. The maximum absolute atomic E-state index is 6.21. The number of methoxy groups -OCH3 is 1. The summed E-state index contributed by atoms with van der Waals surface area (Å²) in [6, 6.07) is 0. The van der Waals surface area contributed by atoms with E-state index in [-0.39, 0.29) is 19.0 Å². The van der Waals surface area contributed by atoms with Crippen molar-refractivity contribution >= 4 is 0 Å². The van der Waals surface area contributed by atoms with Gasteiger partial charge in [0.1, 0.15) is 12.9 Å². The number of hydrogen-bond donors (Lipinski definition) is 0. The molecule has 0 aromatic rings. The van der Waals surface area contributed by atoms with E-state index in [4.69, 9.17) is 38.2 Å². The topological polar surface area (TPSA) is 80.4 Å². The Morgan fingerprint density at radius 1 is 1.04 bits per heavy atom. The smallest absolute Gasteiger partial charge is 0.293 e. The van der Waals surface area contributed by atoms with Crippen LogP contribution in [-0.2, 0) is 38.2 Å². The summed E-state index contributed by atoms with van der Waals surface area (Å²) in [5.41, 5.74) is -0.806. The molecule has 4 aliphatic rings. The Morgan fingerprint density at radius 2 is 1.78 bits per heavy atom.